The van der Waals surface area contributed by atoms with Gasteiger partial charge in [-0.1, -0.05) is 68.9 Å². The molecule has 6 nitrogen and oxygen atoms in total. The van der Waals surface area contributed by atoms with Crippen LogP contribution >= 0.6 is 11.8 Å². The summed E-state index contributed by atoms with van der Waals surface area (Å²) in [4.78, 5) is 12.5. The van der Waals surface area contributed by atoms with E-state index in [9.17, 15) is 4.79 Å². The van der Waals surface area contributed by atoms with E-state index in [1.54, 1.807) is 6.08 Å². The van der Waals surface area contributed by atoms with Crippen LogP contribution in [0, 0.1) is 13.8 Å². The van der Waals surface area contributed by atoms with Gasteiger partial charge < -0.3 is 10.1 Å². The number of ether oxygens (including phenoxy) is 1. The predicted octanol–water partition coefficient (Wildman–Crippen LogP) is 5.69. The molecule has 0 aliphatic rings. The molecule has 1 N–H and O–H groups in total. The van der Waals surface area contributed by atoms with Crippen molar-refractivity contribution in [2.45, 2.75) is 58.3 Å². The van der Waals surface area contributed by atoms with Gasteiger partial charge in [-0.3, -0.25) is 9.36 Å². The fourth-order valence-electron chi connectivity index (χ4n) is 3.36. The standard InChI is InChI=1S/C26H32N4O2S/c1-7-15-30-22(16-32-21-13-11-20(12-14-21)26(4,5)6)28-29-25(30)33-17-23(31)27-24-18(2)9-8-10-19(24)3/h7-14H,1,15-17H2,2-6H3,(H,27,31). The van der Waals surface area contributed by atoms with Crippen molar-refractivity contribution < 1.29 is 9.53 Å². The SMILES string of the molecule is C=CCn1c(COc2ccc(C(C)(C)C)cc2)nnc1SCC(=O)Nc1c(C)cccc1C. The number of aromatic nitrogens is 3. The number of allylic oxidation sites excluding steroid dienone is 1. The molecule has 0 aliphatic heterocycles. The molecule has 3 aromatic rings. The van der Waals surface area contributed by atoms with Crippen LogP contribution in [0.1, 0.15) is 43.3 Å². The summed E-state index contributed by atoms with van der Waals surface area (Å²) in [5.41, 5.74) is 4.29. The molecule has 0 radical (unpaired) electrons. The fourth-order valence-corrected chi connectivity index (χ4v) is 4.13. The summed E-state index contributed by atoms with van der Waals surface area (Å²) in [6.07, 6.45) is 1.78. The number of anilines is 1. The van der Waals surface area contributed by atoms with Gasteiger partial charge in [0.05, 0.1) is 5.75 Å². The lowest BCUT2D eigenvalue weighted by Crippen LogP contribution is -2.16. The number of aryl methyl sites for hydroxylation is 2. The molecule has 0 saturated carbocycles. The van der Waals surface area contributed by atoms with Gasteiger partial charge in [0.25, 0.3) is 0 Å². The van der Waals surface area contributed by atoms with Gasteiger partial charge in [0.1, 0.15) is 12.4 Å². The van der Waals surface area contributed by atoms with Crippen LogP contribution in [-0.4, -0.2) is 26.4 Å². The number of nitrogens with zero attached hydrogens (tertiary/aromatic N) is 3. The van der Waals surface area contributed by atoms with Crippen molar-refractivity contribution in [1.82, 2.24) is 14.8 Å². The van der Waals surface area contributed by atoms with Gasteiger partial charge >= 0.3 is 0 Å². The van der Waals surface area contributed by atoms with Gasteiger partial charge in [-0.15, -0.1) is 16.8 Å². The van der Waals surface area contributed by atoms with Crippen molar-refractivity contribution in [3.63, 3.8) is 0 Å². The second-order valence-electron chi connectivity index (χ2n) is 8.96. The van der Waals surface area contributed by atoms with E-state index >= 15 is 0 Å². The lowest BCUT2D eigenvalue weighted by Gasteiger charge is -2.19. The summed E-state index contributed by atoms with van der Waals surface area (Å²) in [7, 11) is 0. The second kappa shape index (κ2) is 10.7. The van der Waals surface area contributed by atoms with Crippen LogP contribution in [0.15, 0.2) is 60.3 Å². The summed E-state index contributed by atoms with van der Waals surface area (Å²) < 4.78 is 7.87. The summed E-state index contributed by atoms with van der Waals surface area (Å²) in [6, 6.07) is 14.1. The maximum atomic E-state index is 12.5. The van der Waals surface area contributed by atoms with E-state index in [-0.39, 0.29) is 23.7 Å². The topological polar surface area (TPSA) is 69.0 Å². The molecular weight excluding hydrogens is 432 g/mol. The van der Waals surface area contributed by atoms with Crippen molar-refractivity contribution in [2.24, 2.45) is 0 Å². The molecule has 0 atom stereocenters. The number of amides is 1. The first kappa shape index (κ1) is 24.6. The molecule has 3 rings (SSSR count). The van der Waals surface area contributed by atoms with Crippen LogP contribution in [0.2, 0.25) is 0 Å². The van der Waals surface area contributed by atoms with Crippen molar-refractivity contribution >= 4 is 23.4 Å². The first-order valence-corrected chi connectivity index (χ1v) is 11.9. The van der Waals surface area contributed by atoms with E-state index in [0.29, 0.717) is 17.5 Å². The number of hydrogen-bond acceptors (Lipinski definition) is 5. The number of rotatable bonds is 9. The van der Waals surface area contributed by atoms with Crippen LogP contribution in [0.4, 0.5) is 5.69 Å². The summed E-state index contributed by atoms with van der Waals surface area (Å²) in [5, 5.41) is 12.2. The zero-order valence-electron chi connectivity index (χ0n) is 20.0. The molecule has 0 bridgehead atoms. The third-order valence-corrected chi connectivity index (χ3v) is 6.24. The van der Waals surface area contributed by atoms with Gasteiger partial charge in [0, 0.05) is 12.2 Å². The number of benzene rings is 2. The lowest BCUT2D eigenvalue weighted by atomic mass is 9.87. The highest BCUT2D eigenvalue weighted by atomic mass is 32.2. The maximum absolute atomic E-state index is 12.5. The summed E-state index contributed by atoms with van der Waals surface area (Å²) in [6.45, 7) is 15.2. The predicted molar refractivity (Wildman–Crippen MR) is 135 cm³/mol. The van der Waals surface area contributed by atoms with Gasteiger partial charge in [0.2, 0.25) is 5.91 Å². The Bertz CT molecular complexity index is 1090. The Kier molecular flexibility index (Phi) is 7.97. The molecule has 33 heavy (non-hydrogen) atoms. The van der Waals surface area contributed by atoms with E-state index in [1.807, 2.05) is 48.7 Å². The zero-order chi connectivity index (χ0) is 24.0. The van der Waals surface area contributed by atoms with Gasteiger partial charge in [-0.2, -0.15) is 0 Å². The van der Waals surface area contributed by atoms with Crippen LogP contribution in [0.3, 0.4) is 0 Å². The van der Waals surface area contributed by atoms with Crippen molar-refractivity contribution in [3.8, 4) is 5.75 Å². The van der Waals surface area contributed by atoms with Gasteiger partial charge in [-0.25, -0.2) is 0 Å². The lowest BCUT2D eigenvalue weighted by molar-refractivity contribution is -0.113. The van der Waals surface area contributed by atoms with E-state index < -0.39 is 0 Å². The second-order valence-corrected chi connectivity index (χ2v) is 9.91. The zero-order valence-corrected chi connectivity index (χ0v) is 20.8. The van der Waals surface area contributed by atoms with Gasteiger partial charge in [0.15, 0.2) is 11.0 Å². The normalized spacial score (nSPS) is 11.3. The fraction of sp³-hybridized carbons (Fsp3) is 0.346. The molecule has 0 spiro atoms. The van der Waals surface area contributed by atoms with Crippen LogP contribution in [0.25, 0.3) is 0 Å². The molecule has 0 saturated heterocycles. The maximum Gasteiger partial charge on any atom is 0.234 e. The smallest absolute Gasteiger partial charge is 0.234 e. The van der Waals surface area contributed by atoms with Crippen molar-refractivity contribution in [3.05, 3.63) is 77.6 Å². The molecule has 2 aromatic carbocycles. The Balaban J connectivity index is 1.63. The molecule has 1 amide bonds. The highest BCUT2D eigenvalue weighted by molar-refractivity contribution is 7.99. The van der Waals surface area contributed by atoms with E-state index in [0.717, 1.165) is 22.6 Å². The quantitative estimate of drug-likeness (QED) is 0.325. The molecule has 7 heteroatoms. The van der Waals surface area contributed by atoms with E-state index in [4.69, 9.17) is 4.74 Å². The highest BCUT2D eigenvalue weighted by Gasteiger charge is 2.16. The third kappa shape index (κ3) is 6.48. The molecular formula is C26H32N4O2S. The Morgan fingerprint density at radius 1 is 1.12 bits per heavy atom. The summed E-state index contributed by atoms with van der Waals surface area (Å²) >= 11 is 1.35. The number of carbonyl (C=O) groups excluding carboxylic acids is 1. The first-order valence-electron chi connectivity index (χ1n) is 10.9. The van der Waals surface area contributed by atoms with Crippen LogP contribution in [0.5, 0.6) is 5.75 Å². The monoisotopic (exact) mass is 464 g/mol. The van der Waals surface area contributed by atoms with Crippen LogP contribution < -0.4 is 10.1 Å². The summed E-state index contributed by atoms with van der Waals surface area (Å²) in [5.74, 6) is 1.62. The minimum Gasteiger partial charge on any atom is -0.486 e. The van der Waals surface area contributed by atoms with Crippen LogP contribution in [-0.2, 0) is 23.4 Å². The number of nitrogens with one attached hydrogen (secondary N) is 1. The number of hydrogen-bond donors (Lipinski definition) is 1. The first-order chi connectivity index (χ1) is 15.7. The van der Waals surface area contributed by atoms with Crippen molar-refractivity contribution in [1.29, 1.82) is 0 Å². The number of carbonyl (C=O) groups is 1. The molecule has 0 unspecified atom stereocenters. The van der Waals surface area contributed by atoms with Gasteiger partial charge in [-0.05, 0) is 48.1 Å². The minimum absolute atomic E-state index is 0.0812. The third-order valence-electron chi connectivity index (χ3n) is 5.27. The Hall–Kier alpha value is -3.06. The largest absolute Gasteiger partial charge is 0.486 e. The average Bonchev–Trinajstić information content (AvgIpc) is 3.15. The highest BCUT2D eigenvalue weighted by Crippen LogP contribution is 2.25. The van der Waals surface area contributed by atoms with E-state index in [1.165, 1.54) is 17.3 Å². The molecule has 174 valence electrons. The Labute approximate surface area is 200 Å². The Morgan fingerprint density at radius 2 is 1.79 bits per heavy atom. The minimum atomic E-state index is -0.0812. The molecule has 1 heterocycles. The number of thioether (sulfide) groups is 1. The number of para-hydroxylation sites is 1. The van der Waals surface area contributed by atoms with E-state index in [2.05, 4.69) is 55.0 Å². The average molecular weight is 465 g/mol. The molecule has 1 aromatic heterocycles. The van der Waals surface area contributed by atoms with Crippen molar-refractivity contribution in [2.75, 3.05) is 11.1 Å². The Morgan fingerprint density at radius 3 is 2.39 bits per heavy atom. The molecule has 0 fully saturated rings. The molecule has 0 aliphatic carbocycles.